The molecule has 0 unspecified atom stereocenters. The van der Waals surface area contributed by atoms with E-state index < -0.39 is 0 Å². The van der Waals surface area contributed by atoms with Gasteiger partial charge in [0.25, 0.3) is 0 Å². The van der Waals surface area contributed by atoms with Crippen molar-refractivity contribution in [3.8, 4) is 5.75 Å². The van der Waals surface area contributed by atoms with E-state index in [0.717, 1.165) is 18.8 Å². The van der Waals surface area contributed by atoms with Crippen molar-refractivity contribution in [2.45, 2.75) is 37.5 Å². The van der Waals surface area contributed by atoms with Gasteiger partial charge in [0.15, 0.2) is 0 Å². The number of fused-ring (bicyclic) bond motifs is 1. The van der Waals surface area contributed by atoms with Crippen LogP contribution in [-0.4, -0.2) is 18.1 Å². The molecule has 0 aromatic heterocycles. The first-order valence-corrected chi connectivity index (χ1v) is 9.49. The highest BCUT2D eigenvalue weighted by molar-refractivity contribution is 8.17. The minimum absolute atomic E-state index is 0.136. The number of rotatable bonds is 5. The molecule has 20 heavy (non-hydrogen) atoms. The SMILES string of the molecule is CCCCOc1ccc2cc([SH]3CCCC3)ccc2c1. The van der Waals surface area contributed by atoms with Crippen LogP contribution in [0.25, 0.3) is 10.8 Å². The zero-order valence-electron chi connectivity index (χ0n) is 12.3. The number of unbranched alkanes of at least 4 members (excludes halogenated alkanes) is 1. The Hall–Kier alpha value is -1.15. The highest BCUT2D eigenvalue weighted by Gasteiger charge is 2.13. The smallest absolute Gasteiger partial charge is 0.119 e. The minimum Gasteiger partial charge on any atom is -0.494 e. The molecule has 1 fully saturated rings. The standard InChI is InChI=1S/C18H24OS/c1-2-3-10-19-17-8-6-16-14-18(9-7-15(16)13-17)20-11-4-5-12-20/h6-9,13-14,20H,2-5,10-12H2,1H3. The molecule has 1 nitrogen and oxygen atoms in total. The molecule has 0 N–H and O–H groups in total. The van der Waals surface area contributed by atoms with Gasteiger partial charge in [-0.3, -0.25) is 0 Å². The molecular formula is C18H24OS. The number of thiol groups is 1. The van der Waals surface area contributed by atoms with E-state index in [9.17, 15) is 0 Å². The number of hydrogen-bond acceptors (Lipinski definition) is 1. The van der Waals surface area contributed by atoms with Crippen molar-refractivity contribution >= 4 is 21.7 Å². The van der Waals surface area contributed by atoms with Crippen LogP contribution in [0.4, 0.5) is 0 Å². The maximum atomic E-state index is 5.79. The zero-order chi connectivity index (χ0) is 13.8. The van der Waals surface area contributed by atoms with Gasteiger partial charge in [0.05, 0.1) is 6.61 Å². The molecule has 0 bridgehead atoms. The molecule has 108 valence electrons. The van der Waals surface area contributed by atoms with Crippen LogP contribution in [0, 0.1) is 0 Å². The fourth-order valence-corrected chi connectivity index (χ4v) is 5.37. The van der Waals surface area contributed by atoms with Crippen molar-refractivity contribution in [3.63, 3.8) is 0 Å². The van der Waals surface area contributed by atoms with E-state index in [2.05, 4.69) is 43.3 Å². The van der Waals surface area contributed by atoms with Crippen LogP contribution in [0.5, 0.6) is 5.75 Å². The predicted molar refractivity (Wildman–Crippen MR) is 90.6 cm³/mol. The molecule has 2 aromatic rings. The maximum absolute atomic E-state index is 5.79. The van der Waals surface area contributed by atoms with Gasteiger partial charge in [-0.2, -0.15) is 0 Å². The maximum Gasteiger partial charge on any atom is 0.119 e. The van der Waals surface area contributed by atoms with Gasteiger partial charge >= 0.3 is 0 Å². The Kier molecular flexibility index (Phi) is 4.51. The van der Waals surface area contributed by atoms with Crippen LogP contribution in [0.2, 0.25) is 0 Å². The van der Waals surface area contributed by atoms with Crippen LogP contribution in [0.1, 0.15) is 32.6 Å². The van der Waals surface area contributed by atoms with E-state index in [1.54, 1.807) is 4.90 Å². The number of ether oxygens (including phenoxy) is 1. The summed E-state index contributed by atoms with van der Waals surface area (Å²) >= 11 is 0. The van der Waals surface area contributed by atoms with Crippen LogP contribution < -0.4 is 4.74 Å². The summed E-state index contributed by atoms with van der Waals surface area (Å²) in [6.45, 7) is 3.02. The molecule has 0 spiro atoms. The van der Waals surface area contributed by atoms with E-state index in [-0.39, 0.29) is 10.9 Å². The Morgan fingerprint density at radius 1 is 1.00 bits per heavy atom. The second-order valence-corrected chi connectivity index (χ2v) is 8.08. The summed E-state index contributed by atoms with van der Waals surface area (Å²) in [4.78, 5) is 1.59. The monoisotopic (exact) mass is 288 g/mol. The molecule has 0 amide bonds. The lowest BCUT2D eigenvalue weighted by Gasteiger charge is -2.15. The summed E-state index contributed by atoms with van der Waals surface area (Å²) < 4.78 is 5.79. The van der Waals surface area contributed by atoms with E-state index >= 15 is 0 Å². The van der Waals surface area contributed by atoms with Crippen molar-refractivity contribution < 1.29 is 4.74 Å². The van der Waals surface area contributed by atoms with Crippen LogP contribution >= 0.6 is 10.9 Å². The normalized spacial score (nSPS) is 16.8. The topological polar surface area (TPSA) is 9.23 Å². The van der Waals surface area contributed by atoms with Gasteiger partial charge < -0.3 is 4.74 Å². The molecule has 2 heteroatoms. The second-order valence-electron chi connectivity index (χ2n) is 5.59. The molecule has 0 radical (unpaired) electrons. The molecule has 1 aliphatic heterocycles. The Morgan fingerprint density at radius 3 is 2.55 bits per heavy atom. The quantitative estimate of drug-likeness (QED) is 0.589. The van der Waals surface area contributed by atoms with Gasteiger partial charge in [0.2, 0.25) is 0 Å². The summed E-state index contributed by atoms with van der Waals surface area (Å²) in [5, 5.41) is 2.66. The van der Waals surface area contributed by atoms with Crippen molar-refractivity contribution in [2.24, 2.45) is 0 Å². The number of hydrogen-bond donors (Lipinski definition) is 1. The Morgan fingerprint density at radius 2 is 1.75 bits per heavy atom. The van der Waals surface area contributed by atoms with Crippen molar-refractivity contribution in [1.29, 1.82) is 0 Å². The third-order valence-corrected chi connectivity index (χ3v) is 6.75. The third kappa shape index (κ3) is 3.12. The van der Waals surface area contributed by atoms with Crippen LogP contribution in [0.3, 0.4) is 0 Å². The summed E-state index contributed by atoms with van der Waals surface area (Å²) in [6.07, 6.45) is 5.16. The molecule has 1 aliphatic rings. The summed E-state index contributed by atoms with van der Waals surface area (Å²) in [5.41, 5.74) is 0. The highest BCUT2D eigenvalue weighted by Crippen LogP contribution is 2.43. The molecule has 0 saturated carbocycles. The van der Waals surface area contributed by atoms with Gasteiger partial charge in [-0.25, -0.2) is 10.9 Å². The Labute approximate surface area is 124 Å². The third-order valence-electron chi connectivity index (χ3n) is 4.03. The summed E-state index contributed by atoms with van der Waals surface area (Å²) in [7, 11) is 0.136. The molecule has 1 saturated heterocycles. The van der Waals surface area contributed by atoms with Crippen molar-refractivity contribution in [1.82, 2.24) is 0 Å². The molecular weight excluding hydrogens is 264 g/mol. The molecule has 3 rings (SSSR count). The van der Waals surface area contributed by atoms with E-state index in [0.29, 0.717) is 0 Å². The van der Waals surface area contributed by atoms with E-state index in [4.69, 9.17) is 4.74 Å². The number of benzene rings is 2. The first-order chi connectivity index (χ1) is 9.86. The lowest BCUT2D eigenvalue weighted by Crippen LogP contribution is -1.96. The Bertz CT molecular complexity index is 573. The first-order valence-electron chi connectivity index (χ1n) is 7.78. The minimum atomic E-state index is 0.136. The lowest BCUT2D eigenvalue weighted by molar-refractivity contribution is 0.310. The van der Waals surface area contributed by atoms with Gasteiger partial charge in [0, 0.05) is 0 Å². The Balaban J connectivity index is 1.79. The molecule has 2 aromatic carbocycles. The average Bonchev–Trinajstić information content (AvgIpc) is 3.01. The predicted octanol–water partition coefficient (Wildman–Crippen LogP) is 5.17. The fourth-order valence-electron chi connectivity index (χ4n) is 2.81. The summed E-state index contributed by atoms with van der Waals surface area (Å²) in [5.74, 6) is 3.86. The average molecular weight is 288 g/mol. The van der Waals surface area contributed by atoms with Gasteiger partial charge in [-0.05, 0) is 70.7 Å². The van der Waals surface area contributed by atoms with Crippen LogP contribution in [0.15, 0.2) is 41.3 Å². The van der Waals surface area contributed by atoms with E-state index in [1.165, 1.54) is 41.5 Å². The van der Waals surface area contributed by atoms with Gasteiger partial charge in [-0.15, -0.1) is 0 Å². The van der Waals surface area contributed by atoms with Crippen molar-refractivity contribution in [3.05, 3.63) is 36.4 Å². The van der Waals surface area contributed by atoms with Crippen LogP contribution in [-0.2, 0) is 0 Å². The zero-order valence-corrected chi connectivity index (χ0v) is 13.2. The second kappa shape index (κ2) is 6.53. The van der Waals surface area contributed by atoms with Crippen molar-refractivity contribution in [2.75, 3.05) is 18.1 Å². The first kappa shape index (κ1) is 13.8. The molecule has 0 atom stereocenters. The summed E-state index contributed by atoms with van der Waals surface area (Å²) in [6, 6.07) is 13.5. The molecule has 1 heterocycles. The lowest BCUT2D eigenvalue weighted by atomic mass is 10.1. The van der Waals surface area contributed by atoms with E-state index in [1.807, 2.05) is 0 Å². The highest BCUT2D eigenvalue weighted by atomic mass is 32.2. The van der Waals surface area contributed by atoms with Gasteiger partial charge in [-0.1, -0.05) is 25.5 Å². The largest absolute Gasteiger partial charge is 0.494 e. The fraction of sp³-hybridized carbons (Fsp3) is 0.444. The molecule has 0 aliphatic carbocycles. The van der Waals surface area contributed by atoms with Gasteiger partial charge in [0.1, 0.15) is 5.75 Å².